The topological polar surface area (TPSA) is 110 Å². The van der Waals surface area contributed by atoms with Crippen molar-refractivity contribution in [3.05, 3.63) is 10.0 Å². The van der Waals surface area contributed by atoms with Crippen molar-refractivity contribution in [1.82, 2.24) is 20.4 Å². The van der Waals surface area contributed by atoms with Crippen molar-refractivity contribution in [2.24, 2.45) is 10.8 Å². The predicted molar refractivity (Wildman–Crippen MR) is 109 cm³/mol. The first-order chi connectivity index (χ1) is 15.6. The zero-order chi connectivity index (χ0) is 23.9. The number of anilines is 2. The van der Waals surface area contributed by atoms with Gasteiger partial charge >= 0.3 is 6.18 Å². The van der Waals surface area contributed by atoms with Gasteiger partial charge in [0.2, 0.25) is 22.1 Å². The van der Waals surface area contributed by atoms with Crippen LogP contribution in [-0.2, 0) is 22.4 Å². The highest BCUT2D eigenvalue weighted by molar-refractivity contribution is 7.15. The minimum Gasteiger partial charge on any atom is -0.300 e. The monoisotopic (exact) mass is 510 g/mol. The summed E-state index contributed by atoms with van der Waals surface area (Å²) in [7, 11) is 0. The van der Waals surface area contributed by atoms with Crippen LogP contribution in [0.2, 0.25) is 0 Å². The molecule has 0 bridgehead atoms. The number of nitrogens with one attached hydrogen (secondary N) is 2. The van der Waals surface area contributed by atoms with Crippen LogP contribution in [0.4, 0.5) is 32.2 Å². The Kier molecular flexibility index (Phi) is 6.37. The van der Waals surface area contributed by atoms with Crippen molar-refractivity contribution in [1.29, 1.82) is 0 Å². The lowest BCUT2D eigenvalue weighted by molar-refractivity contribution is -0.189. The number of alkyl halides is 5. The van der Waals surface area contributed by atoms with Crippen LogP contribution in [0.25, 0.3) is 0 Å². The summed E-state index contributed by atoms with van der Waals surface area (Å²) in [5.74, 6) is -1.83. The molecule has 0 spiro atoms. The zero-order valence-electron chi connectivity index (χ0n) is 17.0. The van der Waals surface area contributed by atoms with Crippen molar-refractivity contribution in [3.63, 3.8) is 0 Å². The highest BCUT2D eigenvalue weighted by atomic mass is 32.1. The normalized spacial score (nSPS) is 18.2. The first-order valence-electron chi connectivity index (χ1n) is 10.2. The van der Waals surface area contributed by atoms with Crippen LogP contribution >= 0.6 is 22.7 Å². The number of rotatable bonds is 10. The van der Waals surface area contributed by atoms with Crippen LogP contribution in [0.3, 0.4) is 0 Å². The van der Waals surface area contributed by atoms with Crippen molar-refractivity contribution >= 4 is 44.8 Å². The van der Waals surface area contributed by atoms with E-state index in [2.05, 4.69) is 31.0 Å². The molecular formula is C18H19F5N6O2S2. The number of hydrogen-bond acceptors (Lipinski definition) is 8. The van der Waals surface area contributed by atoms with E-state index in [0.717, 1.165) is 22.7 Å². The molecule has 8 nitrogen and oxygen atoms in total. The number of hydrogen-bond donors (Lipinski definition) is 2. The Balaban J connectivity index is 1.19. The number of carbonyl (C=O) groups excluding carboxylic acids is 2. The standard InChI is InChI=1S/C18H19F5N6O2S2/c19-11(20)16(5-6-16)12(30)24-14-28-26-9(32-14)3-1-2-4-10-27-29-15(33-10)25-13(31)17(7-8-17)18(21,22)23/h11H,1-8H2,(H,24,28,30)(H,25,29,31). The maximum atomic E-state index is 13.0. The van der Waals surface area contributed by atoms with Gasteiger partial charge in [-0.05, 0) is 38.5 Å². The van der Waals surface area contributed by atoms with E-state index in [0.29, 0.717) is 35.7 Å². The molecule has 0 unspecified atom stereocenters. The molecule has 33 heavy (non-hydrogen) atoms. The van der Waals surface area contributed by atoms with Crippen molar-refractivity contribution in [3.8, 4) is 0 Å². The summed E-state index contributed by atoms with van der Waals surface area (Å²) in [6.45, 7) is 0. The summed E-state index contributed by atoms with van der Waals surface area (Å²) in [6, 6.07) is 0. The first-order valence-corrected chi connectivity index (χ1v) is 11.8. The predicted octanol–water partition coefficient (Wildman–Crippen LogP) is 4.22. The molecule has 2 aromatic rings. The van der Waals surface area contributed by atoms with Crippen molar-refractivity contribution in [2.45, 2.75) is 64.0 Å². The molecule has 180 valence electrons. The van der Waals surface area contributed by atoms with Gasteiger partial charge in [0.1, 0.15) is 20.8 Å². The molecule has 2 aromatic heterocycles. The molecule has 0 atom stereocenters. The first kappa shape index (κ1) is 23.9. The summed E-state index contributed by atoms with van der Waals surface area (Å²) in [5, 5.41) is 21.5. The summed E-state index contributed by atoms with van der Waals surface area (Å²) < 4.78 is 64.9. The lowest BCUT2D eigenvalue weighted by Gasteiger charge is -2.17. The average Bonchev–Trinajstić information content (AvgIpc) is 3.64. The second-order valence-corrected chi connectivity index (χ2v) is 10.3. The van der Waals surface area contributed by atoms with Gasteiger partial charge in [-0.25, -0.2) is 8.78 Å². The zero-order valence-corrected chi connectivity index (χ0v) is 18.7. The van der Waals surface area contributed by atoms with E-state index in [4.69, 9.17) is 0 Å². The van der Waals surface area contributed by atoms with Gasteiger partial charge in [-0.2, -0.15) is 13.2 Å². The van der Waals surface area contributed by atoms with Gasteiger partial charge in [-0.15, -0.1) is 20.4 Å². The molecule has 0 aromatic carbocycles. The lowest BCUT2D eigenvalue weighted by Crippen LogP contribution is -2.36. The molecule has 2 aliphatic rings. The van der Waals surface area contributed by atoms with E-state index in [1.807, 2.05) is 0 Å². The van der Waals surface area contributed by atoms with Gasteiger partial charge in [0.25, 0.3) is 6.43 Å². The number of unbranched alkanes of at least 4 members (excludes halogenated alkanes) is 1. The summed E-state index contributed by atoms with van der Waals surface area (Å²) in [6.07, 6.45) is -5.02. The molecule has 2 N–H and O–H groups in total. The molecule has 2 heterocycles. The van der Waals surface area contributed by atoms with Crippen LogP contribution < -0.4 is 10.6 Å². The quantitative estimate of drug-likeness (QED) is 0.366. The molecule has 2 amide bonds. The average molecular weight is 511 g/mol. The minimum absolute atomic E-state index is 0.0345. The number of aryl methyl sites for hydroxylation is 2. The van der Waals surface area contributed by atoms with Crippen molar-refractivity contribution in [2.75, 3.05) is 10.6 Å². The Morgan fingerprint density at radius 1 is 0.848 bits per heavy atom. The third-order valence-corrected chi connectivity index (χ3v) is 7.59. The molecule has 4 rings (SSSR count). The highest BCUT2D eigenvalue weighted by Crippen LogP contribution is 2.58. The number of nitrogens with zero attached hydrogens (tertiary/aromatic N) is 4. The Morgan fingerprint density at radius 3 is 1.73 bits per heavy atom. The summed E-state index contributed by atoms with van der Waals surface area (Å²) in [4.78, 5) is 24.0. The van der Waals surface area contributed by atoms with E-state index in [9.17, 15) is 31.5 Å². The Hall–Kier alpha value is -2.29. The number of carbonyl (C=O) groups is 2. The number of halogens is 5. The lowest BCUT2D eigenvalue weighted by atomic mass is 10.1. The molecule has 2 fully saturated rings. The molecular weight excluding hydrogens is 491 g/mol. The number of aromatic nitrogens is 4. The van der Waals surface area contributed by atoms with E-state index < -0.39 is 35.2 Å². The molecule has 2 aliphatic carbocycles. The van der Waals surface area contributed by atoms with Crippen molar-refractivity contribution < 1.29 is 31.5 Å². The van der Waals surface area contributed by atoms with Gasteiger partial charge in [0.05, 0.1) is 0 Å². The maximum absolute atomic E-state index is 13.0. The fraction of sp³-hybridized carbons (Fsp3) is 0.667. The molecule has 0 radical (unpaired) electrons. The van der Waals surface area contributed by atoms with Crippen LogP contribution in [0.15, 0.2) is 0 Å². The summed E-state index contributed by atoms with van der Waals surface area (Å²) in [5.41, 5.74) is -3.91. The molecule has 0 aliphatic heterocycles. The Labute approximate surface area is 192 Å². The molecule has 0 saturated heterocycles. The third kappa shape index (κ3) is 4.98. The Bertz CT molecular complexity index is 1030. The minimum atomic E-state index is -4.58. The fourth-order valence-electron chi connectivity index (χ4n) is 3.24. The SMILES string of the molecule is O=C(Nc1nnc(CCCCc2nnc(NC(=O)C3(C(F)(F)F)CC3)s2)s1)C1(C(F)F)CC1. The third-order valence-electron chi connectivity index (χ3n) is 5.79. The van der Waals surface area contributed by atoms with Gasteiger partial charge in [0, 0.05) is 12.8 Å². The fourth-order valence-corrected chi connectivity index (χ4v) is 4.80. The summed E-state index contributed by atoms with van der Waals surface area (Å²) >= 11 is 2.15. The van der Waals surface area contributed by atoms with E-state index in [1.165, 1.54) is 0 Å². The largest absolute Gasteiger partial charge is 0.403 e. The molecule has 15 heteroatoms. The van der Waals surface area contributed by atoms with Gasteiger partial charge in [0.15, 0.2) is 0 Å². The van der Waals surface area contributed by atoms with Gasteiger partial charge < -0.3 is 0 Å². The second-order valence-electron chi connectivity index (χ2n) is 8.15. The van der Waals surface area contributed by atoms with E-state index in [1.54, 1.807) is 0 Å². The van der Waals surface area contributed by atoms with Crippen LogP contribution in [0.5, 0.6) is 0 Å². The van der Waals surface area contributed by atoms with Gasteiger partial charge in [-0.1, -0.05) is 22.7 Å². The van der Waals surface area contributed by atoms with Gasteiger partial charge in [-0.3, -0.25) is 20.2 Å². The van der Waals surface area contributed by atoms with E-state index >= 15 is 0 Å². The second kappa shape index (κ2) is 8.81. The van der Waals surface area contributed by atoms with Crippen LogP contribution in [0, 0.1) is 10.8 Å². The maximum Gasteiger partial charge on any atom is 0.403 e. The van der Waals surface area contributed by atoms with E-state index in [-0.39, 0.29) is 35.9 Å². The molecule has 2 saturated carbocycles. The smallest absolute Gasteiger partial charge is 0.300 e. The Morgan fingerprint density at radius 2 is 1.33 bits per heavy atom. The van der Waals surface area contributed by atoms with Crippen LogP contribution in [-0.4, -0.2) is 44.8 Å². The highest BCUT2D eigenvalue weighted by Gasteiger charge is 2.68. The number of amides is 2. The van der Waals surface area contributed by atoms with Crippen LogP contribution in [0.1, 0.15) is 48.5 Å².